The van der Waals surface area contributed by atoms with E-state index in [1.54, 1.807) is 39.0 Å². The Bertz CT molecular complexity index is 1080. The highest BCUT2D eigenvalue weighted by Crippen LogP contribution is 2.40. The van der Waals surface area contributed by atoms with Crippen LogP contribution in [0.3, 0.4) is 0 Å². The molecule has 2 aliphatic rings. The Morgan fingerprint density at radius 1 is 1.11 bits per heavy atom. The van der Waals surface area contributed by atoms with Crippen molar-refractivity contribution in [3.05, 3.63) is 53.5 Å². The molecule has 2 aromatic rings. The van der Waals surface area contributed by atoms with E-state index in [1.807, 2.05) is 11.0 Å². The number of amides is 1. The zero-order valence-corrected chi connectivity index (χ0v) is 20.7. The molecule has 5 atom stereocenters. The summed E-state index contributed by atoms with van der Waals surface area (Å²) in [6.07, 6.45) is -0.538. The fraction of sp³-hybridized carbons (Fsp3) is 0.538. The maximum atomic E-state index is 14.9. The van der Waals surface area contributed by atoms with Gasteiger partial charge in [0.05, 0.1) is 0 Å². The van der Waals surface area contributed by atoms with Crippen LogP contribution in [0.25, 0.3) is 0 Å². The van der Waals surface area contributed by atoms with Crippen molar-refractivity contribution in [2.75, 3.05) is 13.1 Å². The highest BCUT2D eigenvalue weighted by Gasteiger charge is 2.43. The van der Waals surface area contributed by atoms with Crippen LogP contribution in [0, 0.1) is 17.1 Å². The Morgan fingerprint density at radius 3 is 2.50 bits per heavy atom. The Balaban J connectivity index is 1.52. The van der Waals surface area contributed by atoms with Gasteiger partial charge in [-0.1, -0.05) is 12.1 Å². The lowest BCUT2D eigenvalue weighted by Gasteiger charge is -2.40. The van der Waals surface area contributed by atoms with Gasteiger partial charge in [-0.05, 0) is 63.3 Å². The lowest BCUT2D eigenvalue weighted by molar-refractivity contribution is 0.0211. The SMILES string of the molecule is CC(C)(C)OC(=O)N[C@@H]1C[C@@H](F)CN(C2CC(c3ccc(F)cc3)CC2Oc2ccc(C#N)nn2)C1. The summed E-state index contributed by atoms with van der Waals surface area (Å²) in [4.78, 5) is 14.3. The van der Waals surface area contributed by atoms with E-state index in [2.05, 4.69) is 15.5 Å². The van der Waals surface area contributed by atoms with Gasteiger partial charge in [-0.3, -0.25) is 4.90 Å². The van der Waals surface area contributed by atoms with Gasteiger partial charge in [0.15, 0.2) is 5.69 Å². The number of ether oxygens (including phenoxy) is 2. The van der Waals surface area contributed by atoms with Crippen LogP contribution in [0.15, 0.2) is 36.4 Å². The zero-order chi connectivity index (χ0) is 25.9. The van der Waals surface area contributed by atoms with Crippen molar-refractivity contribution < 1.29 is 23.0 Å². The van der Waals surface area contributed by atoms with Crippen molar-refractivity contribution in [2.45, 2.75) is 75.9 Å². The van der Waals surface area contributed by atoms with Crippen molar-refractivity contribution in [1.82, 2.24) is 20.4 Å². The lowest BCUT2D eigenvalue weighted by Crippen LogP contribution is -2.57. The number of halogens is 2. The molecule has 192 valence electrons. The van der Waals surface area contributed by atoms with E-state index in [9.17, 15) is 13.6 Å². The molecule has 1 aromatic heterocycles. The Hall–Kier alpha value is -3.32. The van der Waals surface area contributed by atoms with Crippen molar-refractivity contribution in [1.29, 1.82) is 5.26 Å². The summed E-state index contributed by atoms with van der Waals surface area (Å²) in [7, 11) is 0. The molecule has 1 amide bonds. The van der Waals surface area contributed by atoms with Gasteiger partial charge in [-0.25, -0.2) is 13.6 Å². The number of carbonyl (C=O) groups excluding carboxylic acids is 1. The quantitative estimate of drug-likeness (QED) is 0.661. The largest absolute Gasteiger partial charge is 0.472 e. The number of aromatic nitrogens is 2. The number of alkyl carbamates (subject to hydrolysis) is 1. The van der Waals surface area contributed by atoms with Gasteiger partial charge in [-0.2, -0.15) is 5.26 Å². The number of alkyl halides is 1. The molecule has 0 spiro atoms. The molecule has 4 rings (SSSR count). The molecule has 0 radical (unpaired) electrons. The van der Waals surface area contributed by atoms with Crippen molar-refractivity contribution >= 4 is 6.09 Å². The van der Waals surface area contributed by atoms with Crippen LogP contribution in [-0.2, 0) is 4.74 Å². The minimum atomic E-state index is -1.13. The average molecular weight is 500 g/mol. The Morgan fingerprint density at radius 2 is 1.86 bits per heavy atom. The third-order valence-electron chi connectivity index (χ3n) is 6.46. The first-order valence-corrected chi connectivity index (χ1v) is 12.1. The van der Waals surface area contributed by atoms with Crippen LogP contribution in [0.4, 0.5) is 13.6 Å². The summed E-state index contributed by atoms with van der Waals surface area (Å²) < 4.78 is 39.9. The fourth-order valence-electron chi connectivity index (χ4n) is 5.01. The predicted octanol–water partition coefficient (Wildman–Crippen LogP) is 4.12. The smallest absolute Gasteiger partial charge is 0.407 e. The number of nitrogens with zero attached hydrogens (tertiary/aromatic N) is 4. The number of piperidine rings is 1. The number of likely N-dealkylation sites (tertiary alicyclic amines) is 1. The summed E-state index contributed by atoms with van der Waals surface area (Å²) in [5, 5.41) is 19.6. The summed E-state index contributed by atoms with van der Waals surface area (Å²) in [5.41, 5.74) is 0.514. The first kappa shape index (κ1) is 25.8. The first-order chi connectivity index (χ1) is 17.1. The molecular weight excluding hydrogens is 468 g/mol. The third-order valence-corrected chi connectivity index (χ3v) is 6.46. The van der Waals surface area contributed by atoms with E-state index in [-0.39, 0.29) is 48.4 Å². The standard InChI is InChI=1S/C26H31F2N5O3/c1-26(2,3)36-25(34)30-21-12-19(28)14-33(15-21)22-10-17(16-4-6-18(27)7-5-16)11-23(22)35-24-9-8-20(13-29)31-32-24/h4-9,17,19,21-23H,10-12,14-15H2,1-3H3,(H,30,34)/t17?,19-,21-,22?,23?/m1/s1. The maximum absolute atomic E-state index is 14.9. The molecule has 8 nitrogen and oxygen atoms in total. The normalized spacial score (nSPS) is 26.7. The second-order valence-electron chi connectivity index (χ2n) is 10.4. The minimum Gasteiger partial charge on any atom is -0.472 e. The van der Waals surface area contributed by atoms with Gasteiger partial charge >= 0.3 is 6.09 Å². The van der Waals surface area contributed by atoms with Gasteiger partial charge in [0.2, 0.25) is 5.88 Å². The average Bonchev–Trinajstić information content (AvgIpc) is 3.22. The summed E-state index contributed by atoms with van der Waals surface area (Å²) in [6, 6.07) is 10.9. The minimum absolute atomic E-state index is 0.0733. The van der Waals surface area contributed by atoms with Crippen LogP contribution < -0.4 is 10.1 Å². The van der Waals surface area contributed by atoms with Gasteiger partial charge in [0, 0.05) is 37.7 Å². The molecular formula is C26H31F2N5O3. The molecule has 2 heterocycles. The number of nitrogens with one attached hydrogen (secondary N) is 1. The topological polar surface area (TPSA) is 100 Å². The van der Waals surface area contributed by atoms with Crippen molar-refractivity contribution in [3.63, 3.8) is 0 Å². The molecule has 1 saturated carbocycles. The van der Waals surface area contributed by atoms with Crippen LogP contribution in [0.2, 0.25) is 0 Å². The first-order valence-electron chi connectivity index (χ1n) is 12.1. The van der Waals surface area contributed by atoms with Gasteiger partial charge in [-0.15, -0.1) is 10.2 Å². The predicted molar refractivity (Wildman–Crippen MR) is 128 cm³/mol. The molecule has 0 bridgehead atoms. The number of nitriles is 1. The zero-order valence-electron chi connectivity index (χ0n) is 20.7. The van der Waals surface area contributed by atoms with E-state index in [0.29, 0.717) is 19.4 Å². The van der Waals surface area contributed by atoms with E-state index >= 15 is 0 Å². The number of hydrogen-bond donors (Lipinski definition) is 1. The van der Waals surface area contributed by atoms with Crippen LogP contribution in [-0.4, -0.2) is 64.2 Å². The molecule has 2 fully saturated rings. The van der Waals surface area contributed by atoms with Crippen molar-refractivity contribution in [2.24, 2.45) is 0 Å². The highest BCUT2D eigenvalue weighted by molar-refractivity contribution is 5.68. The van der Waals surface area contributed by atoms with E-state index < -0.39 is 23.9 Å². The summed E-state index contributed by atoms with van der Waals surface area (Å²) in [6.45, 7) is 5.99. The van der Waals surface area contributed by atoms with Crippen LogP contribution in [0.1, 0.15) is 57.2 Å². The summed E-state index contributed by atoms with van der Waals surface area (Å²) >= 11 is 0. The van der Waals surface area contributed by atoms with Crippen molar-refractivity contribution in [3.8, 4) is 11.9 Å². The maximum Gasteiger partial charge on any atom is 0.407 e. The molecule has 1 aliphatic carbocycles. The van der Waals surface area contributed by atoms with Crippen LogP contribution >= 0.6 is 0 Å². The van der Waals surface area contributed by atoms with Crippen LogP contribution in [0.5, 0.6) is 5.88 Å². The number of rotatable bonds is 5. The molecule has 10 heteroatoms. The second-order valence-corrected chi connectivity index (χ2v) is 10.4. The van der Waals surface area contributed by atoms with E-state index in [4.69, 9.17) is 14.7 Å². The number of carbonyl (C=O) groups is 1. The molecule has 3 unspecified atom stereocenters. The molecule has 1 aromatic carbocycles. The molecule has 1 aliphatic heterocycles. The summed E-state index contributed by atoms with van der Waals surface area (Å²) in [5.74, 6) is 0.0477. The lowest BCUT2D eigenvalue weighted by atomic mass is 9.96. The Labute approximate surface area is 209 Å². The van der Waals surface area contributed by atoms with E-state index in [1.165, 1.54) is 18.2 Å². The number of benzene rings is 1. The molecule has 36 heavy (non-hydrogen) atoms. The van der Waals surface area contributed by atoms with Gasteiger partial charge in [0.25, 0.3) is 0 Å². The third kappa shape index (κ3) is 6.66. The molecule has 1 N–H and O–H groups in total. The fourth-order valence-corrected chi connectivity index (χ4v) is 5.01. The number of hydrogen-bond acceptors (Lipinski definition) is 7. The highest BCUT2D eigenvalue weighted by atomic mass is 19.1. The second kappa shape index (κ2) is 10.7. The van der Waals surface area contributed by atoms with E-state index in [0.717, 1.165) is 5.56 Å². The molecule has 1 saturated heterocycles. The van der Waals surface area contributed by atoms with Gasteiger partial charge < -0.3 is 14.8 Å². The van der Waals surface area contributed by atoms with Gasteiger partial charge in [0.1, 0.15) is 29.8 Å². The Kier molecular flexibility index (Phi) is 7.69. The monoisotopic (exact) mass is 499 g/mol.